The van der Waals surface area contributed by atoms with Crippen molar-refractivity contribution >= 4 is 17.7 Å². The minimum Gasteiger partial charge on any atom is -0.497 e. The summed E-state index contributed by atoms with van der Waals surface area (Å²) in [7, 11) is 3.00. The van der Waals surface area contributed by atoms with Gasteiger partial charge in [0.15, 0.2) is 0 Å². The van der Waals surface area contributed by atoms with E-state index in [1.54, 1.807) is 48.5 Å². The zero-order valence-corrected chi connectivity index (χ0v) is 15.6. The van der Waals surface area contributed by atoms with Gasteiger partial charge in [-0.2, -0.15) is 0 Å². The van der Waals surface area contributed by atoms with Gasteiger partial charge in [0.1, 0.15) is 23.3 Å². The summed E-state index contributed by atoms with van der Waals surface area (Å²) < 4.78 is 15.7. The van der Waals surface area contributed by atoms with Gasteiger partial charge < -0.3 is 24.6 Å². The Labute approximate surface area is 162 Å². The standard InChI is InChI=1S/C20H22N2O6/c1-26-15-8-9-18(27-2)16(11-15)21-19(24)17-10-13(23)12-22(17)20(25)28-14-6-4-3-5-7-14/h3-9,11,13,17,23H,10,12H2,1-2H3,(H,21,24)/t13?,17-/m0/s1. The molecule has 1 unspecified atom stereocenters. The van der Waals surface area contributed by atoms with Gasteiger partial charge in [-0.25, -0.2) is 4.79 Å². The summed E-state index contributed by atoms with van der Waals surface area (Å²) in [5.41, 5.74) is 0.407. The Kier molecular flexibility index (Phi) is 6.00. The first-order chi connectivity index (χ1) is 13.5. The van der Waals surface area contributed by atoms with E-state index in [9.17, 15) is 14.7 Å². The molecular formula is C20H22N2O6. The number of aliphatic hydroxyl groups excluding tert-OH is 1. The number of para-hydroxylation sites is 1. The number of β-amino-alcohol motifs (C(OH)–C–C–N with tert-alkyl or cyclic N) is 1. The molecule has 0 spiro atoms. The van der Waals surface area contributed by atoms with Crippen molar-refractivity contribution in [2.75, 3.05) is 26.1 Å². The van der Waals surface area contributed by atoms with Crippen LogP contribution in [-0.4, -0.2) is 54.9 Å². The number of carbonyl (C=O) groups is 2. The molecule has 1 fully saturated rings. The summed E-state index contributed by atoms with van der Waals surface area (Å²) in [6, 6.07) is 12.7. The summed E-state index contributed by atoms with van der Waals surface area (Å²) in [4.78, 5) is 26.6. The molecule has 0 aromatic heterocycles. The van der Waals surface area contributed by atoms with Crippen LogP contribution in [0, 0.1) is 0 Å². The molecular weight excluding hydrogens is 364 g/mol. The molecule has 28 heavy (non-hydrogen) atoms. The van der Waals surface area contributed by atoms with Crippen LogP contribution in [0.2, 0.25) is 0 Å². The quantitative estimate of drug-likeness (QED) is 0.818. The lowest BCUT2D eigenvalue weighted by Gasteiger charge is -2.23. The van der Waals surface area contributed by atoms with Crippen molar-refractivity contribution in [2.24, 2.45) is 0 Å². The number of nitrogens with zero attached hydrogens (tertiary/aromatic N) is 1. The van der Waals surface area contributed by atoms with Crippen molar-refractivity contribution < 1.29 is 28.9 Å². The van der Waals surface area contributed by atoms with E-state index in [1.807, 2.05) is 0 Å². The lowest BCUT2D eigenvalue weighted by molar-refractivity contribution is -0.119. The first-order valence-electron chi connectivity index (χ1n) is 8.76. The van der Waals surface area contributed by atoms with E-state index in [0.717, 1.165) is 0 Å². The number of amides is 2. The number of hydrogen-bond donors (Lipinski definition) is 2. The maximum Gasteiger partial charge on any atom is 0.416 e. The molecule has 2 aromatic carbocycles. The van der Waals surface area contributed by atoms with Gasteiger partial charge in [0.05, 0.1) is 32.6 Å². The Morgan fingerprint density at radius 1 is 1.07 bits per heavy atom. The molecule has 2 atom stereocenters. The van der Waals surface area contributed by atoms with Crippen LogP contribution in [0.15, 0.2) is 48.5 Å². The molecule has 0 aliphatic carbocycles. The van der Waals surface area contributed by atoms with E-state index in [-0.39, 0.29) is 13.0 Å². The van der Waals surface area contributed by atoms with Crippen LogP contribution in [0.1, 0.15) is 6.42 Å². The highest BCUT2D eigenvalue weighted by molar-refractivity contribution is 5.98. The second-order valence-electron chi connectivity index (χ2n) is 6.29. The number of rotatable bonds is 5. The zero-order chi connectivity index (χ0) is 20.1. The topological polar surface area (TPSA) is 97.3 Å². The van der Waals surface area contributed by atoms with Gasteiger partial charge in [0, 0.05) is 12.5 Å². The molecule has 0 saturated carbocycles. The van der Waals surface area contributed by atoms with E-state index >= 15 is 0 Å². The summed E-state index contributed by atoms with van der Waals surface area (Å²) in [6.45, 7) is 0.0129. The van der Waals surface area contributed by atoms with Gasteiger partial charge in [-0.3, -0.25) is 9.69 Å². The first-order valence-corrected chi connectivity index (χ1v) is 8.76. The van der Waals surface area contributed by atoms with Gasteiger partial charge in [0.25, 0.3) is 0 Å². The summed E-state index contributed by atoms with van der Waals surface area (Å²) in [6.07, 6.45) is -1.39. The summed E-state index contributed by atoms with van der Waals surface area (Å²) in [5.74, 6) is 0.907. The lowest BCUT2D eigenvalue weighted by Crippen LogP contribution is -2.44. The molecule has 2 N–H and O–H groups in total. The molecule has 1 aliphatic rings. The average Bonchev–Trinajstić information content (AvgIpc) is 3.10. The highest BCUT2D eigenvalue weighted by Gasteiger charge is 2.40. The largest absolute Gasteiger partial charge is 0.497 e. The van der Waals surface area contributed by atoms with Crippen molar-refractivity contribution in [1.29, 1.82) is 0 Å². The van der Waals surface area contributed by atoms with E-state index in [0.29, 0.717) is 22.9 Å². The maximum absolute atomic E-state index is 12.8. The lowest BCUT2D eigenvalue weighted by atomic mass is 10.1. The average molecular weight is 386 g/mol. The Morgan fingerprint density at radius 3 is 2.50 bits per heavy atom. The number of nitrogens with one attached hydrogen (secondary N) is 1. The molecule has 1 heterocycles. The Balaban J connectivity index is 1.75. The van der Waals surface area contributed by atoms with Crippen molar-refractivity contribution in [1.82, 2.24) is 4.90 Å². The van der Waals surface area contributed by atoms with Crippen molar-refractivity contribution in [3.63, 3.8) is 0 Å². The third kappa shape index (κ3) is 4.34. The minimum absolute atomic E-state index is 0.0129. The molecule has 8 nitrogen and oxygen atoms in total. The van der Waals surface area contributed by atoms with Crippen LogP contribution in [0.5, 0.6) is 17.2 Å². The molecule has 2 amide bonds. The highest BCUT2D eigenvalue weighted by Crippen LogP contribution is 2.30. The number of ether oxygens (including phenoxy) is 3. The molecule has 1 saturated heterocycles. The van der Waals surface area contributed by atoms with E-state index in [1.165, 1.54) is 19.1 Å². The van der Waals surface area contributed by atoms with Gasteiger partial charge in [0.2, 0.25) is 5.91 Å². The smallest absolute Gasteiger partial charge is 0.416 e. The molecule has 148 valence electrons. The minimum atomic E-state index is -0.873. The number of anilines is 1. The predicted molar refractivity (Wildman–Crippen MR) is 102 cm³/mol. The van der Waals surface area contributed by atoms with Gasteiger partial charge in [-0.05, 0) is 24.3 Å². The summed E-state index contributed by atoms with van der Waals surface area (Å²) in [5, 5.41) is 12.8. The van der Waals surface area contributed by atoms with Crippen molar-refractivity contribution in [2.45, 2.75) is 18.6 Å². The van der Waals surface area contributed by atoms with Crippen LogP contribution in [-0.2, 0) is 4.79 Å². The highest BCUT2D eigenvalue weighted by atomic mass is 16.6. The SMILES string of the molecule is COc1ccc(OC)c(NC(=O)[C@@H]2CC(O)CN2C(=O)Oc2ccccc2)c1. The summed E-state index contributed by atoms with van der Waals surface area (Å²) >= 11 is 0. The van der Waals surface area contributed by atoms with Gasteiger partial charge in [-0.1, -0.05) is 18.2 Å². The molecule has 3 rings (SSSR count). The number of carbonyl (C=O) groups excluding carboxylic acids is 2. The third-order valence-corrected chi connectivity index (χ3v) is 4.43. The molecule has 1 aliphatic heterocycles. The normalized spacial score (nSPS) is 18.5. The number of hydrogen-bond acceptors (Lipinski definition) is 6. The van der Waals surface area contributed by atoms with E-state index < -0.39 is 24.1 Å². The number of methoxy groups -OCH3 is 2. The van der Waals surface area contributed by atoms with Crippen molar-refractivity contribution in [3.05, 3.63) is 48.5 Å². The fourth-order valence-electron chi connectivity index (χ4n) is 3.04. The molecule has 2 aromatic rings. The van der Waals surface area contributed by atoms with E-state index in [4.69, 9.17) is 14.2 Å². The maximum atomic E-state index is 12.8. The van der Waals surface area contributed by atoms with Crippen LogP contribution < -0.4 is 19.5 Å². The van der Waals surface area contributed by atoms with Crippen LogP contribution in [0.25, 0.3) is 0 Å². The van der Waals surface area contributed by atoms with Crippen LogP contribution >= 0.6 is 0 Å². The molecule has 0 bridgehead atoms. The second kappa shape index (κ2) is 8.62. The monoisotopic (exact) mass is 386 g/mol. The first kappa shape index (κ1) is 19.5. The number of aliphatic hydroxyl groups is 1. The van der Waals surface area contributed by atoms with E-state index in [2.05, 4.69) is 5.32 Å². The molecule has 8 heteroatoms. The predicted octanol–water partition coefficient (Wildman–Crippen LogP) is 2.28. The van der Waals surface area contributed by atoms with Crippen molar-refractivity contribution in [3.8, 4) is 17.2 Å². The fraction of sp³-hybridized carbons (Fsp3) is 0.300. The van der Waals surface area contributed by atoms with Gasteiger partial charge >= 0.3 is 6.09 Å². The fourth-order valence-corrected chi connectivity index (χ4v) is 3.04. The van der Waals surface area contributed by atoms with Gasteiger partial charge in [-0.15, -0.1) is 0 Å². The van der Waals surface area contributed by atoms with Crippen LogP contribution in [0.3, 0.4) is 0 Å². The molecule has 0 radical (unpaired) electrons. The number of benzene rings is 2. The Morgan fingerprint density at radius 2 is 1.82 bits per heavy atom. The second-order valence-corrected chi connectivity index (χ2v) is 6.29. The Bertz CT molecular complexity index is 842. The third-order valence-electron chi connectivity index (χ3n) is 4.43. The zero-order valence-electron chi connectivity index (χ0n) is 15.6. The number of likely N-dealkylation sites (tertiary alicyclic amines) is 1. The Hall–Kier alpha value is -3.26. The van der Waals surface area contributed by atoms with Crippen LogP contribution in [0.4, 0.5) is 10.5 Å².